The monoisotopic (exact) mass is 564 g/mol. The molecule has 0 aliphatic carbocycles. The maximum Gasteiger partial charge on any atom is 0.359 e. The van der Waals surface area contributed by atoms with Gasteiger partial charge >= 0.3 is 5.97 Å². The van der Waals surface area contributed by atoms with Crippen molar-refractivity contribution in [2.75, 3.05) is 60.1 Å². The van der Waals surface area contributed by atoms with Gasteiger partial charge < -0.3 is 14.1 Å². The third-order valence-electron chi connectivity index (χ3n) is 7.79. The molecule has 0 radical (unpaired) electrons. The molecule has 3 unspecified atom stereocenters. The zero-order valence-electron chi connectivity index (χ0n) is 25.9. The first-order valence-corrected chi connectivity index (χ1v) is 17.1. The molecule has 38 heavy (non-hydrogen) atoms. The van der Waals surface area contributed by atoms with E-state index in [1.54, 1.807) is 0 Å². The summed E-state index contributed by atoms with van der Waals surface area (Å²) < 4.78 is 33.0. The van der Waals surface area contributed by atoms with Gasteiger partial charge in [0.05, 0.1) is 53.6 Å². The van der Waals surface area contributed by atoms with Crippen molar-refractivity contribution in [3.63, 3.8) is 0 Å². The van der Waals surface area contributed by atoms with Gasteiger partial charge in [-0.25, -0.2) is 4.79 Å². The first-order chi connectivity index (χ1) is 17.7. The van der Waals surface area contributed by atoms with Crippen LogP contribution < -0.4 is 0 Å². The molecule has 1 rings (SSSR count). The third-order valence-corrected chi connectivity index (χ3v) is 8.64. The molecule has 0 bridgehead atoms. The number of quaternary nitrogens is 2. The molecule has 1 fully saturated rings. The number of carboxylic acids is 1. The quantitative estimate of drug-likeness (QED) is 0.0928. The molecule has 1 saturated heterocycles. The summed E-state index contributed by atoms with van der Waals surface area (Å²) in [5.74, 6) is -0.345. The number of hydrogen-bond acceptors (Lipinski definition) is 3. The fourth-order valence-electron chi connectivity index (χ4n) is 5.78. The lowest BCUT2D eigenvalue weighted by atomic mass is 10.0. The Morgan fingerprint density at radius 1 is 0.789 bits per heavy atom. The lowest BCUT2D eigenvalue weighted by Crippen LogP contribution is -2.43. The molecule has 0 aromatic rings. The average Bonchev–Trinajstić information content (AvgIpc) is 3.03. The van der Waals surface area contributed by atoms with Gasteiger partial charge in [-0.3, -0.25) is 4.55 Å². The van der Waals surface area contributed by atoms with Crippen molar-refractivity contribution in [2.24, 2.45) is 11.8 Å². The molecule has 0 aromatic carbocycles. The van der Waals surface area contributed by atoms with Crippen molar-refractivity contribution < 1.29 is 31.8 Å². The molecule has 2 N–H and O–H groups in total. The minimum absolute atomic E-state index is 0.0685. The van der Waals surface area contributed by atoms with E-state index in [1.807, 2.05) is 21.1 Å². The van der Waals surface area contributed by atoms with Crippen molar-refractivity contribution in [2.45, 2.75) is 117 Å². The van der Waals surface area contributed by atoms with Gasteiger partial charge in [-0.05, 0) is 12.8 Å². The summed E-state index contributed by atoms with van der Waals surface area (Å²) in [6.07, 6.45) is 22.2. The lowest BCUT2D eigenvalue weighted by Gasteiger charge is -2.30. The summed E-state index contributed by atoms with van der Waals surface area (Å²) in [4.78, 5) is 10.00. The van der Waals surface area contributed by atoms with Crippen LogP contribution in [-0.4, -0.2) is 93.1 Å². The number of aliphatic carboxylic acids is 1. The minimum Gasteiger partial charge on any atom is -0.477 e. The van der Waals surface area contributed by atoms with Crippen LogP contribution in [0.5, 0.6) is 0 Å². The van der Waals surface area contributed by atoms with Crippen LogP contribution in [0.25, 0.3) is 0 Å². The lowest BCUT2D eigenvalue weighted by molar-refractivity contribution is -0.900. The summed E-state index contributed by atoms with van der Waals surface area (Å²) >= 11 is 0. The Hall–Kier alpha value is -0.700. The van der Waals surface area contributed by atoms with Crippen LogP contribution in [0, 0.1) is 11.8 Å². The highest BCUT2D eigenvalue weighted by atomic mass is 32.2. The number of likely N-dealkylation sites (tertiary alicyclic amines) is 1. The van der Waals surface area contributed by atoms with Gasteiger partial charge in [0.25, 0.3) is 10.1 Å². The van der Waals surface area contributed by atoms with E-state index in [9.17, 15) is 13.2 Å². The molecule has 0 spiro atoms. The summed E-state index contributed by atoms with van der Waals surface area (Å²) in [6.45, 7) is 7.67. The van der Waals surface area contributed by atoms with E-state index in [4.69, 9.17) is 9.66 Å². The van der Waals surface area contributed by atoms with Gasteiger partial charge in [-0.2, -0.15) is 8.42 Å². The summed E-state index contributed by atoms with van der Waals surface area (Å²) in [5.41, 5.74) is 0. The zero-order valence-corrected chi connectivity index (χ0v) is 26.7. The predicted octanol–water partition coefficient (Wildman–Crippen LogP) is 6.63. The summed E-state index contributed by atoms with van der Waals surface area (Å²) in [5, 5.41) is 8.23. The summed E-state index contributed by atoms with van der Waals surface area (Å²) in [6, 6.07) is 0. The van der Waals surface area contributed by atoms with Gasteiger partial charge in [0.15, 0.2) is 6.54 Å². The Morgan fingerprint density at radius 2 is 1.18 bits per heavy atom. The first kappa shape index (κ1) is 37.3. The Morgan fingerprint density at radius 3 is 1.50 bits per heavy atom. The van der Waals surface area contributed by atoms with Gasteiger partial charge in [-0.15, -0.1) is 0 Å². The fraction of sp³-hybridized carbons (Fsp3) is 0.967. The molecule has 0 amide bonds. The molecule has 0 aromatic heterocycles. The molecule has 1 aliphatic rings. The fourth-order valence-corrected chi connectivity index (χ4v) is 6.76. The number of carboxylic acid groups (broad SMARTS) is 1. The largest absolute Gasteiger partial charge is 0.477 e. The van der Waals surface area contributed by atoms with E-state index in [-0.39, 0.29) is 18.2 Å². The topological polar surface area (TPSA) is 91.7 Å². The molecule has 228 valence electrons. The molecular weight excluding hydrogens is 500 g/mol. The van der Waals surface area contributed by atoms with E-state index < -0.39 is 16.1 Å². The SMILES string of the molecule is CCCCCCCCCCCCCCCCCC[N+]1(C)CC(C)C(CS(=O)(=O)O)C1.C[N+](C)(C)CC(=O)O. The van der Waals surface area contributed by atoms with Crippen LogP contribution in [0.4, 0.5) is 0 Å². The first-order valence-electron chi connectivity index (χ1n) is 15.5. The molecule has 1 aliphatic heterocycles. The molecule has 1 heterocycles. The smallest absolute Gasteiger partial charge is 0.359 e. The zero-order chi connectivity index (χ0) is 29.1. The molecule has 7 nitrogen and oxygen atoms in total. The van der Waals surface area contributed by atoms with Gasteiger partial charge in [0.2, 0.25) is 0 Å². The molecule has 3 atom stereocenters. The van der Waals surface area contributed by atoms with Crippen molar-refractivity contribution in [1.29, 1.82) is 0 Å². The normalized spacial score (nSPS) is 21.8. The van der Waals surface area contributed by atoms with E-state index in [1.165, 1.54) is 103 Å². The number of rotatable bonds is 21. The third kappa shape index (κ3) is 23.2. The second kappa shape index (κ2) is 20.2. The molecule has 8 heteroatoms. The second-order valence-corrected chi connectivity index (χ2v) is 14.8. The van der Waals surface area contributed by atoms with Crippen molar-refractivity contribution >= 4 is 16.1 Å². The van der Waals surface area contributed by atoms with Crippen LogP contribution in [-0.2, 0) is 14.9 Å². The summed E-state index contributed by atoms with van der Waals surface area (Å²) in [7, 11) is 3.93. The van der Waals surface area contributed by atoms with Crippen molar-refractivity contribution in [3.8, 4) is 0 Å². The van der Waals surface area contributed by atoms with Crippen LogP contribution in [0.3, 0.4) is 0 Å². The maximum atomic E-state index is 11.2. The van der Waals surface area contributed by atoms with Crippen LogP contribution in [0.2, 0.25) is 0 Å². The van der Waals surface area contributed by atoms with Crippen LogP contribution >= 0.6 is 0 Å². The number of unbranched alkanes of at least 4 members (excludes halogenated alkanes) is 15. The van der Waals surface area contributed by atoms with Crippen LogP contribution in [0.1, 0.15) is 117 Å². The predicted molar refractivity (Wildman–Crippen MR) is 160 cm³/mol. The highest BCUT2D eigenvalue weighted by Gasteiger charge is 2.41. The second-order valence-electron chi connectivity index (χ2n) is 13.3. The van der Waals surface area contributed by atoms with E-state index in [0.717, 1.165) is 24.1 Å². The Kier molecular flexibility index (Phi) is 19.8. The van der Waals surface area contributed by atoms with Gasteiger partial charge in [0.1, 0.15) is 0 Å². The highest BCUT2D eigenvalue weighted by molar-refractivity contribution is 7.85. The minimum atomic E-state index is -3.85. The molecular formula is C30H64N2O5S+2. The number of likely N-dealkylation sites (N-methyl/N-ethyl adjacent to an activating group) is 1. The van der Waals surface area contributed by atoms with Gasteiger partial charge in [-0.1, -0.05) is 104 Å². The Labute approximate surface area is 236 Å². The maximum absolute atomic E-state index is 11.2. The molecule has 0 saturated carbocycles. The van der Waals surface area contributed by atoms with E-state index >= 15 is 0 Å². The Bertz CT molecular complexity index is 708. The van der Waals surface area contributed by atoms with E-state index in [2.05, 4.69) is 20.9 Å². The van der Waals surface area contributed by atoms with Crippen molar-refractivity contribution in [3.05, 3.63) is 0 Å². The number of nitrogens with zero attached hydrogens (tertiary/aromatic N) is 2. The van der Waals surface area contributed by atoms with Crippen molar-refractivity contribution in [1.82, 2.24) is 0 Å². The van der Waals surface area contributed by atoms with Crippen LogP contribution in [0.15, 0.2) is 0 Å². The highest BCUT2D eigenvalue weighted by Crippen LogP contribution is 2.29. The number of carbonyl (C=O) groups is 1. The number of hydrogen-bond donors (Lipinski definition) is 2. The van der Waals surface area contributed by atoms with Gasteiger partial charge in [0, 0.05) is 11.8 Å². The average molecular weight is 565 g/mol. The Balaban J connectivity index is 0.00000147. The van der Waals surface area contributed by atoms with E-state index in [0.29, 0.717) is 10.4 Å². The standard InChI is InChI=1S/C25H51NO3S.C5H11NO2/c1-4-5-6-7-8-9-10-11-12-13-14-15-16-17-18-19-20-26(3)21-24(2)25(22-26)23-30(27,28)29;1-6(2,3)4-5(7)8/h24-25H,4-23H2,1-3H3;4H2,1-3H3/p+2.